The van der Waals surface area contributed by atoms with Crippen molar-refractivity contribution in [2.24, 2.45) is 5.92 Å². The molecule has 0 fully saturated rings. The lowest BCUT2D eigenvalue weighted by molar-refractivity contribution is 0.469. The summed E-state index contributed by atoms with van der Waals surface area (Å²) in [4.78, 5) is 9.13. The molecule has 1 unspecified atom stereocenters. The fourth-order valence-corrected chi connectivity index (χ4v) is 6.28. The van der Waals surface area contributed by atoms with Gasteiger partial charge in [-0.1, -0.05) is 128 Å². The van der Waals surface area contributed by atoms with Crippen LogP contribution in [-0.4, -0.2) is 9.97 Å². The molecule has 2 aromatic carbocycles. The number of rotatable bonds is 18. The van der Waals surface area contributed by atoms with Crippen LogP contribution in [0, 0.1) is 11.7 Å². The van der Waals surface area contributed by atoms with E-state index in [1.54, 1.807) is 6.07 Å². The third-order valence-corrected chi connectivity index (χ3v) is 8.75. The minimum Gasteiger partial charge on any atom is -0.236 e. The average Bonchev–Trinajstić information content (AvgIpc) is 3.38. The second-order valence-corrected chi connectivity index (χ2v) is 12.1. The average molecular weight is 543 g/mol. The highest BCUT2D eigenvalue weighted by molar-refractivity contribution is 5.69. The third-order valence-electron chi connectivity index (χ3n) is 8.75. The number of aromatic nitrogens is 2. The molecule has 216 valence electrons. The Morgan fingerprint density at radius 1 is 0.650 bits per heavy atom. The first-order valence-electron chi connectivity index (χ1n) is 16.4. The van der Waals surface area contributed by atoms with Gasteiger partial charge >= 0.3 is 0 Å². The lowest BCUT2D eigenvalue weighted by Gasteiger charge is -2.09. The van der Waals surface area contributed by atoms with Crippen LogP contribution in [0.15, 0.2) is 48.8 Å². The van der Waals surface area contributed by atoms with E-state index >= 15 is 4.39 Å². The van der Waals surface area contributed by atoms with E-state index < -0.39 is 0 Å². The molecule has 2 nitrogen and oxygen atoms in total. The van der Waals surface area contributed by atoms with E-state index in [2.05, 4.69) is 42.0 Å². The van der Waals surface area contributed by atoms with Crippen molar-refractivity contribution in [3.63, 3.8) is 0 Å². The molecule has 0 saturated carbocycles. The minimum absolute atomic E-state index is 0.203. The molecule has 1 aliphatic carbocycles. The van der Waals surface area contributed by atoms with Gasteiger partial charge in [-0.2, -0.15) is 0 Å². The van der Waals surface area contributed by atoms with E-state index in [9.17, 15) is 0 Å². The van der Waals surface area contributed by atoms with Crippen molar-refractivity contribution >= 4 is 0 Å². The van der Waals surface area contributed by atoms with Crippen LogP contribution in [0.4, 0.5) is 4.39 Å². The Kier molecular flexibility index (Phi) is 12.7. The number of hydrogen-bond donors (Lipinski definition) is 0. The number of aryl methyl sites for hydroxylation is 1. The van der Waals surface area contributed by atoms with Crippen molar-refractivity contribution in [1.82, 2.24) is 9.97 Å². The summed E-state index contributed by atoms with van der Waals surface area (Å²) in [6, 6.07) is 12.0. The normalized spacial score (nSPS) is 14.5. The topological polar surface area (TPSA) is 25.8 Å². The zero-order valence-electron chi connectivity index (χ0n) is 25.2. The summed E-state index contributed by atoms with van der Waals surface area (Å²) in [6.07, 6.45) is 27.1. The molecule has 0 radical (unpaired) electrons. The highest BCUT2D eigenvalue weighted by Crippen LogP contribution is 2.35. The molecule has 40 heavy (non-hydrogen) atoms. The first-order chi connectivity index (χ1) is 19.7. The SMILES string of the molecule is CCCCCCCCCCc1cnc(-c2ccc(-c3ccc4c(c3)CC(CCCCCCCC)C4)c(F)c2)nc1. The van der Waals surface area contributed by atoms with Gasteiger partial charge in [0.2, 0.25) is 0 Å². The Morgan fingerprint density at radius 2 is 1.25 bits per heavy atom. The molecule has 3 heteroatoms. The van der Waals surface area contributed by atoms with Crippen LogP contribution in [0.25, 0.3) is 22.5 Å². The summed E-state index contributed by atoms with van der Waals surface area (Å²) in [5.41, 5.74) is 6.41. The molecule has 4 rings (SSSR count). The molecule has 1 aliphatic rings. The largest absolute Gasteiger partial charge is 0.236 e. The molecule has 0 saturated heterocycles. The zero-order chi connectivity index (χ0) is 28.0. The standard InChI is InChI=1S/C37H51FN2/c1-3-5-7-9-11-12-14-16-18-30-27-39-37(40-28-30)33-21-22-35(36(38)26-33)32-20-19-31-23-29(24-34(31)25-32)17-15-13-10-8-6-4-2/h19-22,25-29H,3-18,23-24H2,1-2H3. The summed E-state index contributed by atoms with van der Waals surface area (Å²) in [5, 5.41) is 0. The number of benzene rings is 2. The fourth-order valence-electron chi connectivity index (χ4n) is 6.28. The molecule has 1 aromatic heterocycles. The lowest BCUT2D eigenvalue weighted by atomic mass is 9.97. The summed E-state index contributed by atoms with van der Waals surface area (Å²) < 4.78 is 15.3. The van der Waals surface area contributed by atoms with Gasteiger partial charge in [0, 0.05) is 23.5 Å². The van der Waals surface area contributed by atoms with E-state index in [1.807, 2.05) is 24.5 Å². The Balaban J connectivity index is 1.26. The summed E-state index contributed by atoms with van der Waals surface area (Å²) >= 11 is 0. The molecule has 3 aromatic rings. The highest BCUT2D eigenvalue weighted by Gasteiger charge is 2.22. The maximum atomic E-state index is 15.3. The lowest BCUT2D eigenvalue weighted by Crippen LogP contribution is -1.99. The molecular formula is C37H51FN2. The van der Waals surface area contributed by atoms with E-state index in [0.29, 0.717) is 11.4 Å². The number of halogens is 1. The van der Waals surface area contributed by atoms with Gasteiger partial charge in [-0.3, -0.25) is 0 Å². The molecule has 1 heterocycles. The Hall–Kier alpha value is -2.55. The molecule has 0 amide bonds. The quantitative estimate of drug-likeness (QED) is 0.149. The first-order valence-corrected chi connectivity index (χ1v) is 16.4. The molecule has 1 atom stereocenters. The van der Waals surface area contributed by atoms with Crippen molar-refractivity contribution in [2.45, 2.75) is 129 Å². The van der Waals surface area contributed by atoms with Crippen LogP contribution in [0.3, 0.4) is 0 Å². The maximum Gasteiger partial charge on any atom is 0.159 e. The van der Waals surface area contributed by atoms with Crippen molar-refractivity contribution in [3.05, 3.63) is 71.3 Å². The summed E-state index contributed by atoms with van der Waals surface area (Å²) in [7, 11) is 0. The third kappa shape index (κ3) is 9.25. The van der Waals surface area contributed by atoms with E-state index in [-0.39, 0.29) is 5.82 Å². The monoisotopic (exact) mass is 542 g/mol. The van der Waals surface area contributed by atoms with Crippen LogP contribution in [0.2, 0.25) is 0 Å². The highest BCUT2D eigenvalue weighted by atomic mass is 19.1. The predicted octanol–water partition coefficient (Wildman–Crippen LogP) is 11.1. The molecule has 0 bridgehead atoms. The minimum atomic E-state index is -0.203. The van der Waals surface area contributed by atoms with Crippen LogP contribution in [0.1, 0.15) is 127 Å². The smallest absolute Gasteiger partial charge is 0.159 e. The summed E-state index contributed by atoms with van der Waals surface area (Å²) in [6.45, 7) is 4.54. The second-order valence-electron chi connectivity index (χ2n) is 12.1. The maximum absolute atomic E-state index is 15.3. The summed E-state index contributed by atoms with van der Waals surface area (Å²) in [5.74, 6) is 1.14. The van der Waals surface area contributed by atoms with Crippen molar-refractivity contribution in [3.8, 4) is 22.5 Å². The van der Waals surface area contributed by atoms with E-state index in [1.165, 1.54) is 119 Å². The van der Waals surface area contributed by atoms with Gasteiger partial charge in [-0.05, 0) is 66.3 Å². The van der Waals surface area contributed by atoms with E-state index in [0.717, 1.165) is 29.9 Å². The van der Waals surface area contributed by atoms with Crippen LogP contribution < -0.4 is 0 Å². The predicted molar refractivity (Wildman–Crippen MR) is 168 cm³/mol. The Morgan fingerprint density at radius 3 is 1.93 bits per heavy atom. The van der Waals surface area contributed by atoms with Crippen LogP contribution >= 0.6 is 0 Å². The van der Waals surface area contributed by atoms with Gasteiger partial charge < -0.3 is 0 Å². The Bertz CT molecular complexity index is 1150. The number of nitrogens with zero attached hydrogens (tertiary/aromatic N) is 2. The van der Waals surface area contributed by atoms with Gasteiger partial charge in [0.25, 0.3) is 0 Å². The molecular weight excluding hydrogens is 491 g/mol. The van der Waals surface area contributed by atoms with Crippen molar-refractivity contribution in [2.75, 3.05) is 0 Å². The number of unbranched alkanes of at least 4 members (excludes halogenated alkanes) is 12. The van der Waals surface area contributed by atoms with Crippen molar-refractivity contribution in [1.29, 1.82) is 0 Å². The van der Waals surface area contributed by atoms with Crippen molar-refractivity contribution < 1.29 is 4.39 Å². The fraction of sp³-hybridized carbons (Fsp3) is 0.568. The van der Waals surface area contributed by atoms with Gasteiger partial charge in [-0.15, -0.1) is 0 Å². The second kappa shape index (κ2) is 16.7. The number of fused-ring (bicyclic) bond motifs is 1. The van der Waals surface area contributed by atoms with Crippen LogP contribution in [-0.2, 0) is 19.3 Å². The van der Waals surface area contributed by atoms with Gasteiger partial charge in [-0.25, -0.2) is 14.4 Å². The number of hydrogen-bond acceptors (Lipinski definition) is 2. The molecule has 0 aliphatic heterocycles. The first kappa shape index (κ1) is 30.4. The Labute approximate surface area is 243 Å². The molecule has 0 spiro atoms. The van der Waals surface area contributed by atoms with Gasteiger partial charge in [0.05, 0.1) is 0 Å². The van der Waals surface area contributed by atoms with Crippen LogP contribution in [0.5, 0.6) is 0 Å². The zero-order valence-corrected chi connectivity index (χ0v) is 25.2. The molecule has 0 N–H and O–H groups in total. The van der Waals surface area contributed by atoms with Gasteiger partial charge in [0.15, 0.2) is 5.82 Å². The van der Waals surface area contributed by atoms with E-state index in [4.69, 9.17) is 0 Å². The van der Waals surface area contributed by atoms with Gasteiger partial charge in [0.1, 0.15) is 5.82 Å².